The number of halogens is 1. The lowest BCUT2D eigenvalue weighted by molar-refractivity contribution is 0.102. The number of nitrogens with one attached hydrogen (secondary N) is 2. The zero-order valence-corrected chi connectivity index (χ0v) is 14.7. The van der Waals surface area contributed by atoms with E-state index in [1.165, 1.54) is 12.3 Å². The van der Waals surface area contributed by atoms with Gasteiger partial charge in [0.15, 0.2) is 0 Å². The number of pyridine rings is 1. The third kappa shape index (κ3) is 4.46. The van der Waals surface area contributed by atoms with Gasteiger partial charge in [0.1, 0.15) is 5.69 Å². The molecule has 0 saturated heterocycles. The summed E-state index contributed by atoms with van der Waals surface area (Å²) < 4.78 is 0. The minimum absolute atomic E-state index is 0.157. The zero-order valence-electron chi connectivity index (χ0n) is 14.0. The summed E-state index contributed by atoms with van der Waals surface area (Å²) in [6.45, 7) is 1.97. The average molecular weight is 366 g/mol. The third-order valence-corrected chi connectivity index (χ3v) is 3.88. The van der Waals surface area contributed by atoms with Gasteiger partial charge in [0.2, 0.25) is 0 Å². The molecule has 1 heterocycles. The van der Waals surface area contributed by atoms with E-state index in [-0.39, 0.29) is 17.5 Å². The predicted molar refractivity (Wildman–Crippen MR) is 103 cm³/mol. The molecule has 6 heteroatoms. The fourth-order valence-electron chi connectivity index (χ4n) is 2.30. The van der Waals surface area contributed by atoms with Crippen molar-refractivity contribution in [3.63, 3.8) is 0 Å². The molecule has 0 atom stereocenters. The fraction of sp³-hybridized carbons (Fsp3) is 0.0500. The quantitative estimate of drug-likeness (QED) is 0.712. The number of benzene rings is 2. The van der Waals surface area contributed by atoms with Crippen LogP contribution in [0.4, 0.5) is 11.4 Å². The van der Waals surface area contributed by atoms with Gasteiger partial charge in [-0.3, -0.25) is 14.6 Å². The molecule has 3 rings (SSSR count). The Balaban J connectivity index is 1.73. The van der Waals surface area contributed by atoms with E-state index < -0.39 is 0 Å². The molecule has 130 valence electrons. The van der Waals surface area contributed by atoms with E-state index in [1.807, 2.05) is 31.2 Å². The number of anilines is 2. The molecular weight excluding hydrogens is 350 g/mol. The van der Waals surface area contributed by atoms with Crippen LogP contribution in [-0.4, -0.2) is 16.8 Å². The van der Waals surface area contributed by atoms with Gasteiger partial charge in [-0.25, -0.2) is 0 Å². The Morgan fingerprint density at radius 1 is 0.885 bits per heavy atom. The average Bonchev–Trinajstić information content (AvgIpc) is 2.64. The molecule has 2 amide bonds. The van der Waals surface area contributed by atoms with Crippen molar-refractivity contribution in [3.8, 4) is 0 Å². The smallest absolute Gasteiger partial charge is 0.274 e. The number of hydrogen-bond acceptors (Lipinski definition) is 3. The van der Waals surface area contributed by atoms with Crippen LogP contribution in [0.3, 0.4) is 0 Å². The van der Waals surface area contributed by atoms with Crippen LogP contribution in [0.25, 0.3) is 0 Å². The van der Waals surface area contributed by atoms with E-state index in [9.17, 15) is 9.59 Å². The van der Waals surface area contributed by atoms with E-state index in [4.69, 9.17) is 11.6 Å². The van der Waals surface area contributed by atoms with Crippen LogP contribution in [0.1, 0.15) is 26.4 Å². The van der Waals surface area contributed by atoms with Gasteiger partial charge in [0.25, 0.3) is 11.8 Å². The van der Waals surface area contributed by atoms with Crippen molar-refractivity contribution in [3.05, 3.63) is 88.7 Å². The second-order valence-electron chi connectivity index (χ2n) is 5.71. The molecule has 0 spiro atoms. The number of aryl methyl sites for hydroxylation is 1. The van der Waals surface area contributed by atoms with Crippen LogP contribution in [0, 0.1) is 6.92 Å². The molecule has 0 radical (unpaired) electrons. The monoisotopic (exact) mass is 365 g/mol. The highest BCUT2D eigenvalue weighted by Gasteiger charge is 2.12. The molecule has 3 aromatic rings. The van der Waals surface area contributed by atoms with Crippen molar-refractivity contribution in [1.82, 2.24) is 4.98 Å². The SMILES string of the molecule is Cc1ccc(NC(=O)c2cc(C(=O)Nc3cccc(Cl)c3)ccn2)cc1. The Labute approximate surface area is 156 Å². The van der Waals surface area contributed by atoms with Gasteiger partial charge < -0.3 is 10.6 Å². The maximum Gasteiger partial charge on any atom is 0.274 e. The predicted octanol–water partition coefficient (Wildman–Crippen LogP) is 4.55. The molecule has 26 heavy (non-hydrogen) atoms. The minimum Gasteiger partial charge on any atom is -0.322 e. The first-order chi connectivity index (χ1) is 12.5. The van der Waals surface area contributed by atoms with E-state index in [0.717, 1.165) is 5.56 Å². The van der Waals surface area contributed by atoms with Crippen molar-refractivity contribution >= 4 is 34.8 Å². The molecule has 0 fully saturated rings. The third-order valence-electron chi connectivity index (χ3n) is 3.65. The van der Waals surface area contributed by atoms with E-state index in [0.29, 0.717) is 22.0 Å². The Morgan fingerprint density at radius 3 is 2.35 bits per heavy atom. The first kappa shape index (κ1) is 17.6. The summed E-state index contributed by atoms with van der Waals surface area (Å²) in [6.07, 6.45) is 1.43. The van der Waals surface area contributed by atoms with Crippen molar-refractivity contribution in [2.24, 2.45) is 0 Å². The van der Waals surface area contributed by atoms with Crippen molar-refractivity contribution in [1.29, 1.82) is 0 Å². The lowest BCUT2D eigenvalue weighted by atomic mass is 10.2. The van der Waals surface area contributed by atoms with Gasteiger partial charge in [0, 0.05) is 28.2 Å². The number of carbonyl (C=O) groups is 2. The Hall–Kier alpha value is -3.18. The van der Waals surface area contributed by atoms with Crippen LogP contribution in [0.5, 0.6) is 0 Å². The highest BCUT2D eigenvalue weighted by atomic mass is 35.5. The topological polar surface area (TPSA) is 71.1 Å². The number of hydrogen-bond donors (Lipinski definition) is 2. The summed E-state index contributed by atoms with van der Waals surface area (Å²) in [5.74, 6) is -0.731. The Kier molecular flexibility index (Phi) is 5.29. The lowest BCUT2D eigenvalue weighted by Crippen LogP contribution is -2.17. The van der Waals surface area contributed by atoms with Gasteiger partial charge in [-0.05, 0) is 49.4 Å². The summed E-state index contributed by atoms with van der Waals surface area (Å²) in [5, 5.41) is 6.02. The van der Waals surface area contributed by atoms with Crippen molar-refractivity contribution in [2.75, 3.05) is 10.6 Å². The minimum atomic E-state index is -0.383. The molecule has 0 saturated carbocycles. The molecule has 0 aliphatic heterocycles. The van der Waals surface area contributed by atoms with Gasteiger partial charge in [-0.2, -0.15) is 0 Å². The van der Waals surface area contributed by atoms with Crippen LogP contribution in [0.2, 0.25) is 5.02 Å². The molecular formula is C20H16ClN3O2. The van der Waals surface area contributed by atoms with Gasteiger partial charge >= 0.3 is 0 Å². The molecule has 0 bridgehead atoms. The van der Waals surface area contributed by atoms with Crippen molar-refractivity contribution in [2.45, 2.75) is 6.92 Å². The maximum atomic E-state index is 12.4. The Bertz CT molecular complexity index is 955. The van der Waals surface area contributed by atoms with E-state index in [2.05, 4.69) is 15.6 Å². The number of aromatic nitrogens is 1. The molecule has 1 aromatic heterocycles. The van der Waals surface area contributed by atoms with E-state index >= 15 is 0 Å². The molecule has 2 N–H and O–H groups in total. The van der Waals surface area contributed by atoms with Gasteiger partial charge in [0.05, 0.1) is 0 Å². The summed E-state index contributed by atoms with van der Waals surface area (Å²) in [6, 6.07) is 17.2. The number of rotatable bonds is 4. The summed E-state index contributed by atoms with van der Waals surface area (Å²) in [7, 11) is 0. The molecule has 2 aromatic carbocycles. The second-order valence-corrected chi connectivity index (χ2v) is 6.15. The fourth-order valence-corrected chi connectivity index (χ4v) is 2.49. The number of nitrogens with zero attached hydrogens (tertiary/aromatic N) is 1. The largest absolute Gasteiger partial charge is 0.322 e. The van der Waals surface area contributed by atoms with Crippen LogP contribution < -0.4 is 10.6 Å². The van der Waals surface area contributed by atoms with Crippen LogP contribution >= 0.6 is 11.6 Å². The van der Waals surface area contributed by atoms with Crippen LogP contribution in [-0.2, 0) is 0 Å². The first-order valence-corrected chi connectivity index (χ1v) is 8.30. The second kappa shape index (κ2) is 7.80. The first-order valence-electron chi connectivity index (χ1n) is 7.92. The van der Waals surface area contributed by atoms with Crippen LogP contribution in [0.15, 0.2) is 66.9 Å². The summed E-state index contributed by atoms with van der Waals surface area (Å²) >= 11 is 5.91. The summed E-state index contributed by atoms with van der Waals surface area (Å²) in [5.41, 5.74) is 2.82. The number of amides is 2. The van der Waals surface area contributed by atoms with Crippen molar-refractivity contribution < 1.29 is 9.59 Å². The number of carbonyl (C=O) groups excluding carboxylic acids is 2. The molecule has 0 aliphatic carbocycles. The molecule has 0 unspecified atom stereocenters. The highest BCUT2D eigenvalue weighted by molar-refractivity contribution is 6.31. The molecule has 5 nitrogen and oxygen atoms in total. The Morgan fingerprint density at radius 2 is 1.62 bits per heavy atom. The lowest BCUT2D eigenvalue weighted by Gasteiger charge is -2.08. The van der Waals surface area contributed by atoms with E-state index in [1.54, 1.807) is 30.3 Å². The maximum absolute atomic E-state index is 12.4. The summed E-state index contributed by atoms with van der Waals surface area (Å²) in [4.78, 5) is 28.8. The van der Waals surface area contributed by atoms with Gasteiger partial charge in [-0.15, -0.1) is 0 Å². The standard InChI is InChI=1S/C20H16ClN3O2/c1-13-5-7-16(8-6-13)23-20(26)18-11-14(9-10-22-18)19(25)24-17-4-2-3-15(21)12-17/h2-12H,1H3,(H,23,26)(H,24,25). The zero-order chi connectivity index (χ0) is 18.5. The highest BCUT2D eigenvalue weighted by Crippen LogP contribution is 2.16. The van der Waals surface area contributed by atoms with Gasteiger partial charge in [-0.1, -0.05) is 35.4 Å². The normalized spacial score (nSPS) is 10.2. The molecule has 0 aliphatic rings.